The number of aromatic nitrogens is 1. The third-order valence-electron chi connectivity index (χ3n) is 4.96. The first-order valence-corrected chi connectivity index (χ1v) is 10.3. The molecule has 1 fully saturated rings. The van der Waals surface area contributed by atoms with Crippen molar-refractivity contribution in [1.29, 1.82) is 0 Å². The molecule has 0 amide bonds. The molecule has 1 aliphatic rings. The first-order chi connectivity index (χ1) is 15.0. The first-order valence-electron chi connectivity index (χ1n) is 9.89. The normalized spacial score (nSPS) is 12.9. The summed E-state index contributed by atoms with van der Waals surface area (Å²) in [6, 6.07) is 11.2. The number of rotatable bonds is 7. The molecule has 1 aromatic heterocycles. The van der Waals surface area contributed by atoms with E-state index in [2.05, 4.69) is 15.6 Å². The highest BCUT2D eigenvalue weighted by atomic mass is 32.1. The number of pyridine rings is 1. The number of thiocarbonyl (C=S) groups is 1. The van der Waals surface area contributed by atoms with Crippen molar-refractivity contribution in [3.63, 3.8) is 0 Å². The van der Waals surface area contributed by atoms with Crippen molar-refractivity contribution < 1.29 is 19.0 Å². The Kier molecular flexibility index (Phi) is 5.90. The van der Waals surface area contributed by atoms with Gasteiger partial charge in [-0.3, -0.25) is 9.78 Å². The summed E-state index contributed by atoms with van der Waals surface area (Å²) in [5.41, 5.74) is 1.89. The minimum atomic E-state index is -0.0959. The molecule has 8 heteroatoms. The van der Waals surface area contributed by atoms with Gasteiger partial charge in [-0.2, -0.15) is 0 Å². The average molecular weight is 438 g/mol. The Morgan fingerprint density at radius 2 is 1.84 bits per heavy atom. The molecule has 0 spiro atoms. The Balaban J connectivity index is 1.63. The molecule has 31 heavy (non-hydrogen) atoms. The third-order valence-corrected chi connectivity index (χ3v) is 5.18. The Morgan fingerprint density at radius 3 is 2.52 bits per heavy atom. The van der Waals surface area contributed by atoms with Crippen LogP contribution < -0.4 is 24.8 Å². The van der Waals surface area contributed by atoms with Crippen molar-refractivity contribution in [2.75, 3.05) is 19.5 Å². The number of ether oxygens (including phenoxy) is 3. The fourth-order valence-corrected chi connectivity index (χ4v) is 3.49. The van der Waals surface area contributed by atoms with Gasteiger partial charge in [0.15, 0.2) is 10.9 Å². The molecule has 0 bridgehead atoms. The molecule has 0 radical (unpaired) electrons. The first kappa shape index (κ1) is 20.9. The maximum Gasteiger partial charge on any atom is 0.171 e. The van der Waals surface area contributed by atoms with Gasteiger partial charge in [0, 0.05) is 29.8 Å². The molecule has 1 aliphatic carbocycles. The van der Waals surface area contributed by atoms with Crippen LogP contribution >= 0.6 is 12.2 Å². The summed E-state index contributed by atoms with van der Waals surface area (Å²) in [7, 11) is 3.12. The largest absolute Gasteiger partial charge is 0.496 e. The van der Waals surface area contributed by atoms with Gasteiger partial charge < -0.3 is 24.8 Å². The van der Waals surface area contributed by atoms with E-state index in [0.29, 0.717) is 50.6 Å². The molecule has 0 unspecified atom stereocenters. The van der Waals surface area contributed by atoms with Crippen molar-refractivity contribution in [2.45, 2.75) is 25.8 Å². The van der Waals surface area contributed by atoms with Gasteiger partial charge in [-0.15, -0.1) is 0 Å². The van der Waals surface area contributed by atoms with E-state index >= 15 is 0 Å². The lowest BCUT2D eigenvalue weighted by Gasteiger charge is -2.15. The monoisotopic (exact) mass is 437 g/mol. The van der Waals surface area contributed by atoms with Crippen LogP contribution in [0, 0.1) is 0 Å². The fourth-order valence-electron chi connectivity index (χ4n) is 3.22. The standard InChI is InChI=1S/C23H23N3O4S/c1-13(27)16-11-17-19(12-21(16)28-2)24-9-8-20(17)30-15-6-7-18(22(10-15)29-3)26-23(31)25-14-4-5-14/h6-12,14H,4-5H2,1-3H3,(H2,25,26,31). The van der Waals surface area contributed by atoms with Crippen LogP contribution in [0.15, 0.2) is 42.6 Å². The van der Waals surface area contributed by atoms with E-state index in [1.165, 1.54) is 14.0 Å². The Hall–Kier alpha value is -3.39. The number of carbonyl (C=O) groups excluding carboxylic acids is 1. The van der Waals surface area contributed by atoms with Gasteiger partial charge in [-0.25, -0.2) is 0 Å². The number of anilines is 1. The number of benzene rings is 2. The lowest BCUT2D eigenvalue weighted by molar-refractivity contribution is 0.101. The predicted octanol–water partition coefficient (Wildman–Crippen LogP) is 4.70. The second-order valence-corrected chi connectivity index (χ2v) is 7.68. The third kappa shape index (κ3) is 4.69. The van der Waals surface area contributed by atoms with Crippen LogP contribution in [-0.4, -0.2) is 36.1 Å². The fraction of sp³-hybridized carbons (Fsp3) is 0.261. The molecular weight excluding hydrogens is 414 g/mol. The van der Waals surface area contributed by atoms with Crippen LogP contribution in [0.25, 0.3) is 10.9 Å². The molecule has 2 aromatic carbocycles. The van der Waals surface area contributed by atoms with Gasteiger partial charge in [0.05, 0.1) is 31.0 Å². The van der Waals surface area contributed by atoms with Gasteiger partial charge in [0.2, 0.25) is 0 Å². The van der Waals surface area contributed by atoms with Crippen LogP contribution in [0.3, 0.4) is 0 Å². The molecule has 0 saturated heterocycles. The zero-order chi connectivity index (χ0) is 22.0. The number of carbonyl (C=O) groups is 1. The maximum atomic E-state index is 12.0. The van der Waals surface area contributed by atoms with Gasteiger partial charge in [-0.1, -0.05) is 0 Å². The summed E-state index contributed by atoms with van der Waals surface area (Å²) in [6.07, 6.45) is 3.94. The second kappa shape index (κ2) is 8.77. The smallest absolute Gasteiger partial charge is 0.171 e. The van der Waals surface area contributed by atoms with E-state index in [-0.39, 0.29) is 5.78 Å². The maximum absolute atomic E-state index is 12.0. The summed E-state index contributed by atoms with van der Waals surface area (Å²) in [6.45, 7) is 1.50. The Labute approximate surface area is 185 Å². The van der Waals surface area contributed by atoms with Crippen LogP contribution in [0.4, 0.5) is 5.69 Å². The van der Waals surface area contributed by atoms with E-state index in [4.69, 9.17) is 26.4 Å². The number of Topliss-reactive ketones (excluding diaryl/α,β-unsaturated/α-hetero) is 1. The second-order valence-electron chi connectivity index (χ2n) is 7.27. The molecule has 0 aliphatic heterocycles. The quantitative estimate of drug-likeness (QED) is 0.407. The molecule has 1 saturated carbocycles. The number of hydrogen-bond acceptors (Lipinski definition) is 6. The van der Waals surface area contributed by atoms with Gasteiger partial charge in [-0.05, 0) is 56.2 Å². The molecule has 7 nitrogen and oxygen atoms in total. The topological polar surface area (TPSA) is 81.7 Å². The van der Waals surface area contributed by atoms with Crippen LogP contribution in [0.2, 0.25) is 0 Å². The number of ketones is 1. The van der Waals surface area contributed by atoms with Crippen LogP contribution in [0.5, 0.6) is 23.0 Å². The number of nitrogens with zero attached hydrogens (tertiary/aromatic N) is 1. The highest BCUT2D eigenvalue weighted by Gasteiger charge is 2.22. The number of fused-ring (bicyclic) bond motifs is 1. The van der Waals surface area contributed by atoms with Crippen molar-refractivity contribution in [1.82, 2.24) is 10.3 Å². The molecule has 160 valence electrons. The van der Waals surface area contributed by atoms with Crippen LogP contribution in [-0.2, 0) is 0 Å². The number of nitrogens with one attached hydrogen (secondary N) is 2. The van der Waals surface area contributed by atoms with Crippen molar-refractivity contribution in [3.8, 4) is 23.0 Å². The summed E-state index contributed by atoms with van der Waals surface area (Å²) >= 11 is 5.35. The highest BCUT2D eigenvalue weighted by Crippen LogP contribution is 2.36. The minimum absolute atomic E-state index is 0.0959. The summed E-state index contributed by atoms with van der Waals surface area (Å²) < 4.78 is 17.0. The van der Waals surface area contributed by atoms with E-state index in [9.17, 15) is 4.79 Å². The molecule has 2 N–H and O–H groups in total. The van der Waals surface area contributed by atoms with Crippen molar-refractivity contribution >= 4 is 39.7 Å². The van der Waals surface area contributed by atoms with E-state index in [1.54, 1.807) is 37.6 Å². The number of methoxy groups -OCH3 is 2. The summed E-state index contributed by atoms with van der Waals surface area (Å²) in [5, 5.41) is 7.69. The molecular formula is C23H23N3O4S. The summed E-state index contributed by atoms with van der Waals surface area (Å²) in [4.78, 5) is 16.4. The Morgan fingerprint density at radius 1 is 1.06 bits per heavy atom. The molecule has 3 aromatic rings. The lowest BCUT2D eigenvalue weighted by Crippen LogP contribution is -2.30. The average Bonchev–Trinajstić information content (AvgIpc) is 3.57. The Bertz CT molecular complexity index is 1160. The van der Waals surface area contributed by atoms with Crippen molar-refractivity contribution in [3.05, 3.63) is 48.2 Å². The molecule has 0 atom stereocenters. The summed E-state index contributed by atoms with van der Waals surface area (Å²) in [5.74, 6) is 2.14. The van der Waals surface area contributed by atoms with E-state index in [0.717, 1.165) is 18.5 Å². The zero-order valence-corrected chi connectivity index (χ0v) is 18.3. The molecule has 4 rings (SSSR count). The minimum Gasteiger partial charge on any atom is -0.496 e. The SMILES string of the molecule is COc1cc(Oc2ccnc3cc(OC)c(C(C)=O)cc23)ccc1NC(=S)NC1CC1. The van der Waals surface area contributed by atoms with Crippen LogP contribution in [0.1, 0.15) is 30.1 Å². The van der Waals surface area contributed by atoms with Crippen molar-refractivity contribution in [2.24, 2.45) is 0 Å². The van der Waals surface area contributed by atoms with Gasteiger partial charge in [0.1, 0.15) is 23.0 Å². The van der Waals surface area contributed by atoms with Gasteiger partial charge >= 0.3 is 0 Å². The lowest BCUT2D eigenvalue weighted by atomic mass is 10.1. The number of hydrogen-bond donors (Lipinski definition) is 2. The van der Waals surface area contributed by atoms with Gasteiger partial charge in [0.25, 0.3) is 0 Å². The molecule has 1 heterocycles. The predicted molar refractivity (Wildman–Crippen MR) is 124 cm³/mol. The van der Waals surface area contributed by atoms with E-state index in [1.807, 2.05) is 12.1 Å². The zero-order valence-electron chi connectivity index (χ0n) is 17.5. The van der Waals surface area contributed by atoms with E-state index < -0.39 is 0 Å². The highest BCUT2D eigenvalue weighted by molar-refractivity contribution is 7.80.